The predicted octanol–water partition coefficient (Wildman–Crippen LogP) is 5.06. The summed E-state index contributed by atoms with van der Waals surface area (Å²) in [5.41, 5.74) is 3.38. The van der Waals surface area contributed by atoms with Crippen molar-refractivity contribution in [2.24, 2.45) is 4.99 Å². The van der Waals surface area contributed by atoms with E-state index in [0.717, 1.165) is 16.8 Å². The SMILES string of the molecule is C=CCc1cc(/C=C2/SC(=Nc3ccccc3C)N(CC)C2=O)cc(OC)c1O. The number of hydrogen-bond acceptors (Lipinski definition) is 5. The summed E-state index contributed by atoms with van der Waals surface area (Å²) < 4.78 is 5.28. The first-order chi connectivity index (χ1) is 14.0. The Morgan fingerprint density at radius 2 is 2.07 bits per heavy atom. The molecule has 1 aliphatic heterocycles. The van der Waals surface area contributed by atoms with Crippen molar-refractivity contribution in [3.05, 3.63) is 70.6 Å². The minimum Gasteiger partial charge on any atom is -0.504 e. The number of phenolic OH excluding ortho intramolecular Hbond substituents is 1. The van der Waals surface area contributed by atoms with Crippen LogP contribution in [0.3, 0.4) is 0 Å². The Kier molecular flexibility index (Phi) is 6.44. The van der Waals surface area contributed by atoms with Gasteiger partial charge in [-0.15, -0.1) is 6.58 Å². The zero-order valence-corrected chi connectivity index (χ0v) is 17.6. The fourth-order valence-corrected chi connectivity index (χ4v) is 4.11. The number of ether oxygens (including phenoxy) is 1. The van der Waals surface area contributed by atoms with E-state index in [1.165, 1.54) is 18.9 Å². The van der Waals surface area contributed by atoms with Crippen LogP contribution in [-0.4, -0.2) is 34.7 Å². The molecule has 6 heteroatoms. The van der Waals surface area contributed by atoms with Crippen molar-refractivity contribution in [2.75, 3.05) is 13.7 Å². The summed E-state index contributed by atoms with van der Waals surface area (Å²) in [5.74, 6) is 0.381. The second-order valence-electron chi connectivity index (χ2n) is 6.56. The first-order valence-corrected chi connectivity index (χ1v) is 10.2. The molecule has 0 spiro atoms. The lowest BCUT2D eigenvalue weighted by Gasteiger charge is -2.12. The minimum absolute atomic E-state index is 0.0813. The zero-order chi connectivity index (χ0) is 21.0. The largest absolute Gasteiger partial charge is 0.504 e. The first kappa shape index (κ1) is 20.7. The Labute approximate surface area is 175 Å². The minimum atomic E-state index is -0.0813. The van der Waals surface area contributed by atoms with E-state index >= 15 is 0 Å². The van der Waals surface area contributed by atoms with E-state index in [0.29, 0.717) is 34.4 Å². The Morgan fingerprint density at radius 3 is 2.72 bits per heavy atom. The number of amidine groups is 1. The van der Waals surface area contributed by atoms with Crippen LogP contribution in [0.5, 0.6) is 11.5 Å². The summed E-state index contributed by atoms with van der Waals surface area (Å²) >= 11 is 1.35. The third-order valence-electron chi connectivity index (χ3n) is 4.59. The van der Waals surface area contributed by atoms with Gasteiger partial charge in [-0.05, 0) is 67.4 Å². The van der Waals surface area contributed by atoms with Crippen molar-refractivity contribution in [1.82, 2.24) is 4.90 Å². The molecular formula is C23H24N2O3S. The molecule has 29 heavy (non-hydrogen) atoms. The van der Waals surface area contributed by atoms with Crippen LogP contribution in [0.15, 0.2) is 59.0 Å². The number of aliphatic imine (C=N–C) groups is 1. The number of para-hydroxylation sites is 1. The molecular weight excluding hydrogens is 384 g/mol. The number of carbonyl (C=O) groups is 1. The van der Waals surface area contributed by atoms with Gasteiger partial charge in [0.2, 0.25) is 0 Å². The van der Waals surface area contributed by atoms with Crippen molar-refractivity contribution in [1.29, 1.82) is 0 Å². The molecule has 1 N–H and O–H groups in total. The monoisotopic (exact) mass is 408 g/mol. The Balaban J connectivity index is 2.00. The van der Waals surface area contributed by atoms with Crippen molar-refractivity contribution >= 4 is 34.6 Å². The van der Waals surface area contributed by atoms with Crippen LogP contribution in [0.4, 0.5) is 5.69 Å². The highest BCUT2D eigenvalue weighted by molar-refractivity contribution is 8.18. The molecule has 1 aliphatic rings. The summed E-state index contributed by atoms with van der Waals surface area (Å²) in [6.45, 7) is 8.19. The van der Waals surface area contributed by atoms with E-state index in [1.54, 1.807) is 17.0 Å². The van der Waals surface area contributed by atoms with Crippen LogP contribution in [-0.2, 0) is 11.2 Å². The lowest BCUT2D eigenvalue weighted by molar-refractivity contribution is -0.122. The number of allylic oxidation sites excluding steroid dienone is 1. The predicted molar refractivity (Wildman–Crippen MR) is 120 cm³/mol. The van der Waals surface area contributed by atoms with Gasteiger partial charge in [-0.2, -0.15) is 0 Å². The highest BCUT2D eigenvalue weighted by Gasteiger charge is 2.32. The Morgan fingerprint density at radius 1 is 1.31 bits per heavy atom. The van der Waals surface area contributed by atoms with E-state index < -0.39 is 0 Å². The average molecular weight is 409 g/mol. The average Bonchev–Trinajstić information content (AvgIpc) is 3.00. The van der Waals surface area contributed by atoms with Crippen molar-refractivity contribution in [2.45, 2.75) is 20.3 Å². The number of thioether (sulfide) groups is 1. The van der Waals surface area contributed by atoms with Crippen molar-refractivity contribution in [3.63, 3.8) is 0 Å². The molecule has 0 bridgehead atoms. The zero-order valence-electron chi connectivity index (χ0n) is 16.8. The highest BCUT2D eigenvalue weighted by Crippen LogP contribution is 2.37. The third-order valence-corrected chi connectivity index (χ3v) is 5.60. The molecule has 1 fully saturated rings. The van der Waals surface area contributed by atoms with E-state index in [4.69, 9.17) is 9.73 Å². The maximum Gasteiger partial charge on any atom is 0.266 e. The number of carbonyl (C=O) groups excluding carboxylic acids is 1. The normalized spacial score (nSPS) is 16.7. The van der Waals surface area contributed by atoms with E-state index in [1.807, 2.05) is 50.3 Å². The molecule has 1 heterocycles. The smallest absolute Gasteiger partial charge is 0.266 e. The number of benzene rings is 2. The Bertz CT molecular complexity index is 1010. The molecule has 0 atom stereocenters. The number of amides is 1. The maximum atomic E-state index is 12.9. The number of nitrogens with zero attached hydrogens (tertiary/aromatic N) is 2. The summed E-state index contributed by atoms with van der Waals surface area (Å²) in [4.78, 5) is 19.9. The van der Waals surface area contributed by atoms with Crippen LogP contribution in [0.1, 0.15) is 23.6 Å². The number of aryl methyl sites for hydroxylation is 1. The molecule has 0 aliphatic carbocycles. The van der Waals surface area contributed by atoms with Gasteiger partial charge >= 0.3 is 0 Å². The van der Waals surface area contributed by atoms with Gasteiger partial charge in [0.25, 0.3) is 5.91 Å². The molecule has 0 unspecified atom stereocenters. The lowest BCUT2D eigenvalue weighted by atomic mass is 10.1. The number of phenols is 1. The van der Waals surface area contributed by atoms with Crippen LogP contribution in [0.2, 0.25) is 0 Å². The number of likely N-dealkylation sites (N-methyl/N-ethyl adjacent to an activating group) is 1. The van der Waals surface area contributed by atoms with Crippen LogP contribution in [0.25, 0.3) is 6.08 Å². The molecule has 0 saturated carbocycles. The topological polar surface area (TPSA) is 62.1 Å². The van der Waals surface area contributed by atoms with E-state index in [9.17, 15) is 9.90 Å². The number of rotatable bonds is 6. The van der Waals surface area contributed by atoms with Gasteiger partial charge in [-0.3, -0.25) is 9.69 Å². The fraction of sp³-hybridized carbons (Fsp3) is 0.217. The summed E-state index contributed by atoms with van der Waals surface area (Å²) in [6.07, 6.45) is 4.03. The van der Waals surface area contributed by atoms with Gasteiger partial charge in [0.05, 0.1) is 17.7 Å². The molecule has 2 aromatic carbocycles. The third kappa shape index (κ3) is 4.38. The lowest BCUT2D eigenvalue weighted by Crippen LogP contribution is -2.28. The molecule has 2 aromatic rings. The van der Waals surface area contributed by atoms with Crippen LogP contribution in [0, 0.1) is 6.92 Å². The quantitative estimate of drug-likeness (QED) is 0.536. The van der Waals surface area contributed by atoms with Crippen LogP contribution < -0.4 is 4.74 Å². The summed E-state index contributed by atoms with van der Waals surface area (Å²) in [5, 5.41) is 10.9. The fourth-order valence-electron chi connectivity index (χ4n) is 3.05. The standard InChI is InChI=1S/C23H24N2O3S/c1-5-9-17-12-16(13-19(28-4)21(17)26)14-20-22(27)25(6-2)23(29-20)24-18-11-8-7-10-15(18)3/h5,7-8,10-14,26H,1,6,9H2,2-4H3/b20-14+,24-23?. The molecule has 1 saturated heterocycles. The van der Waals surface area contributed by atoms with E-state index in [2.05, 4.69) is 6.58 Å². The van der Waals surface area contributed by atoms with Crippen LogP contribution >= 0.6 is 11.8 Å². The van der Waals surface area contributed by atoms with Gasteiger partial charge in [0, 0.05) is 12.1 Å². The Hall–Kier alpha value is -2.99. The first-order valence-electron chi connectivity index (χ1n) is 9.35. The van der Waals surface area contributed by atoms with Crippen molar-refractivity contribution < 1.29 is 14.6 Å². The maximum absolute atomic E-state index is 12.9. The molecule has 0 radical (unpaired) electrons. The number of aromatic hydroxyl groups is 1. The summed E-state index contributed by atoms with van der Waals surface area (Å²) in [6, 6.07) is 11.4. The molecule has 3 rings (SSSR count). The second-order valence-corrected chi connectivity index (χ2v) is 7.57. The second kappa shape index (κ2) is 9.01. The van der Waals surface area contributed by atoms with Gasteiger partial charge in [0.15, 0.2) is 16.7 Å². The van der Waals surface area contributed by atoms with Gasteiger partial charge < -0.3 is 9.84 Å². The van der Waals surface area contributed by atoms with Crippen molar-refractivity contribution in [3.8, 4) is 11.5 Å². The van der Waals surface area contributed by atoms with E-state index in [-0.39, 0.29) is 11.7 Å². The number of methoxy groups -OCH3 is 1. The van der Waals surface area contributed by atoms with Gasteiger partial charge in [-0.25, -0.2) is 4.99 Å². The molecule has 5 nitrogen and oxygen atoms in total. The highest BCUT2D eigenvalue weighted by atomic mass is 32.2. The van der Waals surface area contributed by atoms with Gasteiger partial charge in [-0.1, -0.05) is 24.3 Å². The molecule has 150 valence electrons. The molecule has 0 aromatic heterocycles. The number of hydrogen-bond donors (Lipinski definition) is 1. The molecule has 1 amide bonds. The van der Waals surface area contributed by atoms with Gasteiger partial charge in [0.1, 0.15) is 0 Å². The summed E-state index contributed by atoms with van der Waals surface area (Å²) in [7, 11) is 1.50.